The molecule has 3 aromatic rings. The fraction of sp³-hybridized carbons (Fsp3) is 0.321. The van der Waals surface area contributed by atoms with Crippen molar-refractivity contribution in [3.05, 3.63) is 81.1 Å². The van der Waals surface area contributed by atoms with Crippen molar-refractivity contribution in [1.82, 2.24) is 15.6 Å². The molecule has 2 atom stereocenters. The first-order chi connectivity index (χ1) is 19.1. The lowest BCUT2D eigenvalue weighted by molar-refractivity contribution is -0.137. The summed E-state index contributed by atoms with van der Waals surface area (Å²) in [7, 11) is 0. The molecule has 13 heteroatoms. The molecule has 0 radical (unpaired) electrons. The number of nitrogens with one attached hydrogen (secondary N) is 3. The third kappa shape index (κ3) is 7.57. The van der Waals surface area contributed by atoms with Crippen LogP contribution in [0.1, 0.15) is 58.9 Å². The smallest absolute Gasteiger partial charge is 0.416 e. The highest BCUT2D eigenvalue weighted by atomic mass is 35.5. The van der Waals surface area contributed by atoms with E-state index in [2.05, 4.69) is 15.6 Å². The average molecular weight is 598 g/mol. The maximum absolute atomic E-state index is 14.5. The number of aromatic nitrogens is 1. The molecule has 1 aromatic heterocycles. The molecule has 8 nitrogen and oxygen atoms in total. The summed E-state index contributed by atoms with van der Waals surface area (Å²) in [6.45, 7) is 4.76. The Morgan fingerprint density at radius 1 is 1.00 bits per heavy atom. The molecule has 0 unspecified atom stereocenters. The lowest BCUT2D eigenvalue weighted by Gasteiger charge is -2.24. The lowest BCUT2D eigenvalue weighted by atomic mass is 9.93. The largest absolute Gasteiger partial charge is 0.494 e. The summed E-state index contributed by atoms with van der Waals surface area (Å²) in [5.74, 6) is -4.79. The number of halogens is 5. The van der Waals surface area contributed by atoms with Gasteiger partial charge in [0, 0.05) is 16.1 Å². The molecule has 0 bridgehead atoms. The summed E-state index contributed by atoms with van der Waals surface area (Å²) < 4.78 is 53.4. The van der Waals surface area contributed by atoms with E-state index in [4.69, 9.17) is 11.6 Å². The summed E-state index contributed by atoms with van der Waals surface area (Å²) in [5, 5.41) is 24.5. The number of carbonyl (C=O) groups is 3. The Morgan fingerprint density at radius 2 is 1.63 bits per heavy atom. The van der Waals surface area contributed by atoms with Crippen molar-refractivity contribution < 1.29 is 42.2 Å². The molecule has 0 aliphatic heterocycles. The normalized spacial score (nSPS) is 13.1. The number of hydrogen-bond donors (Lipinski definition) is 5. The fourth-order valence-corrected chi connectivity index (χ4v) is 4.53. The van der Waals surface area contributed by atoms with Gasteiger partial charge in [-0.1, -0.05) is 55.8 Å². The van der Waals surface area contributed by atoms with Gasteiger partial charge in [0.05, 0.1) is 36.1 Å². The van der Waals surface area contributed by atoms with Crippen LogP contribution >= 0.6 is 11.6 Å². The molecule has 0 fully saturated rings. The summed E-state index contributed by atoms with van der Waals surface area (Å²) in [5.41, 5.74) is -1.31. The van der Waals surface area contributed by atoms with Gasteiger partial charge in [-0.2, -0.15) is 13.2 Å². The Balaban J connectivity index is 1.80. The van der Waals surface area contributed by atoms with E-state index in [0.29, 0.717) is 11.6 Å². The second kappa shape index (κ2) is 12.6. The third-order valence-corrected chi connectivity index (χ3v) is 6.79. The minimum atomic E-state index is -4.83. The zero-order chi connectivity index (χ0) is 30.6. The van der Waals surface area contributed by atoms with Gasteiger partial charge in [0.25, 0.3) is 0 Å². The quantitative estimate of drug-likeness (QED) is 0.159. The Hall–Kier alpha value is -4.06. The fourth-order valence-electron chi connectivity index (χ4n) is 4.25. The number of carbonyl (C=O) groups excluding carboxylic acids is 3. The Labute approximate surface area is 237 Å². The number of amides is 2. The second-order valence-corrected chi connectivity index (χ2v) is 10.2. The summed E-state index contributed by atoms with van der Waals surface area (Å²) >= 11 is 5.86. The highest BCUT2D eigenvalue weighted by molar-refractivity contribution is 6.31. The molecule has 5 N–H and O–H groups in total. The van der Waals surface area contributed by atoms with Gasteiger partial charge in [-0.25, -0.2) is 4.39 Å². The van der Waals surface area contributed by atoms with Gasteiger partial charge >= 0.3 is 6.18 Å². The number of aromatic hydroxyl groups is 2. The number of hydrogen-bond acceptors (Lipinski definition) is 5. The number of rotatable bonds is 10. The molecule has 1 heterocycles. The molecule has 3 rings (SSSR count). The van der Waals surface area contributed by atoms with Crippen molar-refractivity contribution in [3.8, 4) is 11.8 Å². The van der Waals surface area contributed by atoms with Crippen LogP contribution in [0.4, 0.5) is 17.6 Å². The molecule has 2 aromatic carbocycles. The zero-order valence-corrected chi connectivity index (χ0v) is 23.0. The molecule has 220 valence electrons. The molecular weight excluding hydrogens is 570 g/mol. The maximum Gasteiger partial charge on any atom is 0.416 e. The lowest BCUT2D eigenvalue weighted by Crippen LogP contribution is -2.45. The first-order valence-corrected chi connectivity index (χ1v) is 12.8. The van der Waals surface area contributed by atoms with Crippen LogP contribution in [0.5, 0.6) is 11.8 Å². The van der Waals surface area contributed by atoms with E-state index in [1.165, 1.54) is 6.92 Å². The first-order valence-electron chi connectivity index (χ1n) is 12.4. The van der Waals surface area contributed by atoms with Gasteiger partial charge in [-0.3, -0.25) is 19.4 Å². The number of H-pyrrole nitrogens is 1. The zero-order valence-electron chi connectivity index (χ0n) is 22.2. The van der Waals surface area contributed by atoms with Crippen LogP contribution in [0.3, 0.4) is 0 Å². The van der Waals surface area contributed by atoms with Gasteiger partial charge in [0.1, 0.15) is 5.82 Å². The number of alkyl halides is 3. The van der Waals surface area contributed by atoms with E-state index in [-0.39, 0.29) is 23.6 Å². The molecular formula is C28H28ClF4N3O5. The molecule has 0 spiro atoms. The van der Waals surface area contributed by atoms with Crippen molar-refractivity contribution in [1.29, 1.82) is 0 Å². The van der Waals surface area contributed by atoms with Crippen LogP contribution < -0.4 is 10.6 Å². The van der Waals surface area contributed by atoms with Crippen molar-refractivity contribution in [2.75, 3.05) is 0 Å². The minimum absolute atomic E-state index is 0.107. The van der Waals surface area contributed by atoms with Crippen LogP contribution in [-0.2, 0) is 22.2 Å². The van der Waals surface area contributed by atoms with Gasteiger partial charge < -0.3 is 20.8 Å². The van der Waals surface area contributed by atoms with Crippen molar-refractivity contribution in [3.63, 3.8) is 0 Å². The van der Waals surface area contributed by atoms with Crippen LogP contribution in [0.2, 0.25) is 5.02 Å². The van der Waals surface area contributed by atoms with Crippen LogP contribution in [0.25, 0.3) is 0 Å². The molecule has 0 saturated heterocycles. The van der Waals surface area contributed by atoms with E-state index in [1.54, 1.807) is 44.2 Å². The van der Waals surface area contributed by atoms with E-state index < -0.39 is 81.9 Å². The Morgan fingerprint density at radius 3 is 2.15 bits per heavy atom. The Bertz CT molecular complexity index is 1420. The van der Waals surface area contributed by atoms with Crippen molar-refractivity contribution >= 4 is 29.2 Å². The first kappa shape index (κ1) is 31.5. The molecule has 0 aliphatic rings. The highest BCUT2D eigenvalue weighted by Crippen LogP contribution is 2.34. The summed E-state index contributed by atoms with van der Waals surface area (Å²) in [4.78, 5) is 41.4. The van der Waals surface area contributed by atoms with E-state index in [0.717, 1.165) is 0 Å². The Kier molecular flexibility index (Phi) is 9.69. The van der Waals surface area contributed by atoms with E-state index in [1.807, 2.05) is 0 Å². The topological polar surface area (TPSA) is 132 Å². The van der Waals surface area contributed by atoms with Crippen LogP contribution in [-0.4, -0.2) is 38.8 Å². The summed E-state index contributed by atoms with van der Waals surface area (Å²) in [6, 6.07) is 6.98. The van der Waals surface area contributed by atoms with Crippen molar-refractivity contribution in [2.24, 2.45) is 5.92 Å². The van der Waals surface area contributed by atoms with Gasteiger partial charge in [0.15, 0.2) is 11.7 Å². The van der Waals surface area contributed by atoms with Crippen LogP contribution in [0.15, 0.2) is 42.5 Å². The number of benzene rings is 2. The molecule has 2 amide bonds. The third-order valence-electron chi connectivity index (χ3n) is 6.45. The molecule has 41 heavy (non-hydrogen) atoms. The van der Waals surface area contributed by atoms with Gasteiger partial charge in [-0.05, 0) is 30.5 Å². The average Bonchev–Trinajstić information content (AvgIpc) is 3.14. The van der Waals surface area contributed by atoms with Crippen LogP contribution in [0, 0.1) is 18.7 Å². The highest BCUT2D eigenvalue weighted by Gasteiger charge is 2.33. The SMILES string of the molecule is Cc1c(O)[nH]c(O)c1C(=O)[C@@H](NC(=O)C[C@H](NC(=O)Cc1c(F)cc(C(F)(F)F)cc1Cl)c1ccccc1)C(C)C. The van der Waals surface area contributed by atoms with Gasteiger partial charge in [0.2, 0.25) is 17.7 Å². The predicted molar refractivity (Wildman–Crippen MR) is 142 cm³/mol. The maximum atomic E-state index is 14.5. The number of ketones is 1. The molecule has 0 aliphatic carbocycles. The monoisotopic (exact) mass is 597 g/mol. The van der Waals surface area contributed by atoms with E-state index in [9.17, 15) is 42.2 Å². The number of Topliss-reactive ketones (excluding diaryl/α,β-unsaturated/α-hetero) is 1. The summed E-state index contributed by atoms with van der Waals surface area (Å²) in [6.07, 6.45) is -5.89. The number of aromatic amines is 1. The van der Waals surface area contributed by atoms with Crippen molar-refractivity contribution in [2.45, 2.75) is 51.9 Å². The predicted octanol–water partition coefficient (Wildman–Crippen LogP) is 5.36. The second-order valence-electron chi connectivity index (χ2n) is 9.80. The van der Waals surface area contributed by atoms with Gasteiger partial charge in [-0.15, -0.1) is 0 Å². The molecule has 0 saturated carbocycles. The standard InChI is InChI=1S/C28H28ClF4N3O5/c1-13(2)24(25(39)23-14(3)26(40)36-27(23)41)35-22(38)12-20(15-7-5-4-6-8-15)34-21(37)11-17-18(29)9-16(10-19(17)30)28(31,32)33/h4-10,13,20,24,36,40-41H,11-12H2,1-3H3,(H,34,37)(H,35,38)/t20-,24-/m0/s1. The minimum Gasteiger partial charge on any atom is -0.494 e. The van der Waals surface area contributed by atoms with E-state index >= 15 is 0 Å².